The summed E-state index contributed by atoms with van der Waals surface area (Å²) >= 11 is 0. The lowest BCUT2D eigenvalue weighted by atomic mass is 9.86. The van der Waals surface area contributed by atoms with Crippen molar-refractivity contribution in [1.29, 1.82) is 0 Å². The smallest absolute Gasteiger partial charge is 0.330 e. The van der Waals surface area contributed by atoms with Gasteiger partial charge in [-0.2, -0.15) is 11.4 Å². The molecule has 6 heteroatoms. The molecule has 29 heavy (non-hydrogen) atoms. The summed E-state index contributed by atoms with van der Waals surface area (Å²) in [4.78, 5) is 11.8. The first-order valence-corrected chi connectivity index (χ1v) is 10.4. The van der Waals surface area contributed by atoms with Crippen molar-refractivity contribution in [3.8, 4) is 0 Å². The lowest BCUT2D eigenvalue weighted by Crippen LogP contribution is -2.27. The second-order valence-corrected chi connectivity index (χ2v) is 8.06. The van der Waals surface area contributed by atoms with E-state index in [9.17, 15) is 15.0 Å². The molecule has 0 heterocycles. The Morgan fingerprint density at radius 2 is 1.72 bits per heavy atom. The fourth-order valence-corrected chi connectivity index (χ4v) is 3.75. The molecule has 0 aliphatic heterocycles. The number of likely N-dealkylation sites (N-methyl/N-ethyl adjacent to an activating group) is 2. The van der Waals surface area contributed by atoms with Gasteiger partial charge in [0, 0.05) is 6.08 Å². The maximum atomic E-state index is 11.8. The Balaban J connectivity index is 2.00. The van der Waals surface area contributed by atoms with Gasteiger partial charge in [-0.1, -0.05) is 29.4 Å². The van der Waals surface area contributed by atoms with Gasteiger partial charge >= 0.3 is 5.97 Å². The molecule has 2 N–H and O–H groups in total. The van der Waals surface area contributed by atoms with Crippen molar-refractivity contribution >= 4 is 5.97 Å². The molecule has 2 atom stereocenters. The summed E-state index contributed by atoms with van der Waals surface area (Å²) in [6.45, 7) is 3.77. The number of rotatable bonds is 7. The van der Waals surface area contributed by atoms with Gasteiger partial charge in [-0.05, 0) is 58.3 Å². The van der Waals surface area contributed by atoms with Crippen LogP contribution in [0.5, 0.6) is 0 Å². The van der Waals surface area contributed by atoms with Crippen LogP contribution >= 0.6 is 0 Å². The summed E-state index contributed by atoms with van der Waals surface area (Å²) in [6, 6.07) is 0. The number of esters is 1. The minimum absolute atomic E-state index is 0.0176. The van der Waals surface area contributed by atoms with E-state index in [-0.39, 0.29) is 12.1 Å². The lowest BCUT2D eigenvalue weighted by molar-refractivity contribution is -0.144. The summed E-state index contributed by atoms with van der Waals surface area (Å²) in [6.07, 6.45) is 10.6. The highest BCUT2D eigenvalue weighted by atomic mass is 16.5. The monoisotopic (exact) mass is 402 g/mol. The van der Waals surface area contributed by atoms with Crippen LogP contribution in [0.3, 0.4) is 0 Å². The number of carbonyl (C=O) groups is 1. The van der Waals surface area contributed by atoms with Crippen LogP contribution in [0.1, 0.15) is 52.4 Å². The van der Waals surface area contributed by atoms with Crippen LogP contribution in [0, 0.1) is 5.92 Å². The summed E-state index contributed by atoms with van der Waals surface area (Å²) < 4.78 is 5.53. The van der Waals surface area contributed by atoms with E-state index in [1.165, 1.54) is 6.08 Å². The van der Waals surface area contributed by atoms with Crippen LogP contribution in [0.4, 0.5) is 0 Å². The Kier molecular flexibility index (Phi) is 8.99. The van der Waals surface area contributed by atoms with E-state index in [1.807, 2.05) is 19.9 Å². The van der Waals surface area contributed by atoms with E-state index in [0.717, 1.165) is 48.2 Å². The molecule has 162 valence electrons. The molecule has 0 aromatic rings. The van der Waals surface area contributed by atoms with Gasteiger partial charge in [0.2, 0.25) is 0 Å². The maximum absolute atomic E-state index is 11.8. The lowest BCUT2D eigenvalue weighted by Gasteiger charge is -2.35. The highest BCUT2D eigenvalue weighted by Gasteiger charge is 2.22. The highest BCUT2D eigenvalue weighted by Crippen LogP contribution is 2.32. The Bertz CT molecular complexity index is 681. The average molecular weight is 403 g/mol. The zero-order valence-corrected chi connectivity index (χ0v) is 18.0. The molecule has 0 aromatic carbocycles. The molecule has 2 rings (SSSR count). The number of allylic oxidation sites excluding steroid dienone is 4. The third-order valence-electron chi connectivity index (χ3n) is 5.38. The normalized spacial score (nSPS) is 28.3. The quantitative estimate of drug-likeness (QED) is 0.378. The topological polar surface area (TPSA) is 95.0 Å². The standard InChI is InChI=1S/C23H34N2O4/c1-15(2)11-23(28)29-18-8-5-16(6-9-18)12-19(24-3)20(25-4)13-17-7-10-21(26)22(27)14-17/h11-14,16,18,21-22,26-27H,5-10H2,1-4H3/q-2/b19-12-,20-13-/t16?,18?,21-,22-/m0/s1. The number of nitrogens with zero attached hydrogens (tertiary/aromatic N) is 2. The van der Waals surface area contributed by atoms with Crippen LogP contribution in [0.2, 0.25) is 0 Å². The third-order valence-corrected chi connectivity index (χ3v) is 5.38. The average Bonchev–Trinajstić information content (AvgIpc) is 2.68. The fourth-order valence-electron chi connectivity index (χ4n) is 3.75. The van der Waals surface area contributed by atoms with Gasteiger partial charge in [-0.3, -0.25) is 0 Å². The molecular formula is C23H34N2O4-2. The third kappa shape index (κ3) is 7.37. The number of hydrogen-bond acceptors (Lipinski definition) is 4. The number of hydrogen-bond donors (Lipinski definition) is 2. The largest absolute Gasteiger partial charge is 0.688 e. The van der Waals surface area contributed by atoms with Gasteiger partial charge in [-0.25, -0.2) is 4.79 Å². The summed E-state index contributed by atoms with van der Waals surface area (Å²) in [5.41, 5.74) is 3.52. The minimum atomic E-state index is -0.830. The molecule has 0 aromatic heterocycles. The number of ether oxygens (including phenoxy) is 1. The predicted molar refractivity (Wildman–Crippen MR) is 115 cm³/mol. The van der Waals surface area contributed by atoms with Crippen LogP contribution in [-0.2, 0) is 9.53 Å². The van der Waals surface area contributed by atoms with Crippen molar-refractivity contribution in [2.45, 2.75) is 70.7 Å². The minimum Gasteiger partial charge on any atom is -0.688 e. The molecule has 1 fully saturated rings. The van der Waals surface area contributed by atoms with Crippen LogP contribution in [0.25, 0.3) is 10.6 Å². The molecule has 1 saturated carbocycles. The van der Waals surface area contributed by atoms with Crippen molar-refractivity contribution < 1.29 is 19.7 Å². The molecule has 6 nitrogen and oxygen atoms in total. The first-order chi connectivity index (χ1) is 13.8. The van der Waals surface area contributed by atoms with Gasteiger partial charge in [0.1, 0.15) is 6.10 Å². The van der Waals surface area contributed by atoms with Gasteiger partial charge in [0.15, 0.2) is 0 Å². The van der Waals surface area contributed by atoms with Crippen molar-refractivity contribution in [3.63, 3.8) is 0 Å². The molecule has 0 radical (unpaired) electrons. The van der Waals surface area contributed by atoms with Crippen molar-refractivity contribution in [1.82, 2.24) is 0 Å². The van der Waals surface area contributed by atoms with Crippen LogP contribution in [0.15, 0.2) is 46.8 Å². The second kappa shape index (κ2) is 11.2. The first kappa shape index (κ1) is 23.2. The fraction of sp³-hybridized carbons (Fsp3) is 0.609. The molecule has 0 bridgehead atoms. The molecule has 0 spiro atoms. The van der Waals surface area contributed by atoms with E-state index in [2.05, 4.69) is 16.7 Å². The predicted octanol–water partition coefficient (Wildman–Crippen LogP) is 4.27. The van der Waals surface area contributed by atoms with E-state index >= 15 is 0 Å². The number of aliphatic hydroxyl groups is 2. The van der Waals surface area contributed by atoms with Crippen molar-refractivity contribution in [2.75, 3.05) is 14.1 Å². The van der Waals surface area contributed by atoms with Gasteiger partial charge in [0.25, 0.3) is 0 Å². The van der Waals surface area contributed by atoms with Gasteiger partial charge in [-0.15, -0.1) is 14.1 Å². The Morgan fingerprint density at radius 1 is 1.07 bits per heavy atom. The SMILES string of the molecule is C[N-]C(=C\C1=C[C@H](O)[C@@H](O)CC1)/C(=C/C1CCC(OC(=O)C=C(C)C)CC1)[N-]C. The van der Waals surface area contributed by atoms with E-state index in [0.29, 0.717) is 18.8 Å². The summed E-state index contributed by atoms with van der Waals surface area (Å²) in [5, 5.41) is 28.3. The molecular weight excluding hydrogens is 368 g/mol. The molecule has 2 aliphatic carbocycles. The van der Waals surface area contributed by atoms with Gasteiger partial charge < -0.3 is 25.6 Å². The maximum Gasteiger partial charge on any atom is 0.330 e. The van der Waals surface area contributed by atoms with Crippen LogP contribution in [-0.4, -0.2) is 48.6 Å². The molecule has 0 amide bonds. The van der Waals surface area contributed by atoms with Crippen molar-refractivity contribution in [3.05, 3.63) is 57.5 Å². The number of carbonyl (C=O) groups excluding carboxylic acids is 1. The van der Waals surface area contributed by atoms with E-state index in [4.69, 9.17) is 4.74 Å². The van der Waals surface area contributed by atoms with E-state index in [1.54, 1.807) is 20.2 Å². The van der Waals surface area contributed by atoms with Crippen molar-refractivity contribution in [2.24, 2.45) is 5.92 Å². The van der Waals surface area contributed by atoms with E-state index < -0.39 is 12.2 Å². The summed E-state index contributed by atoms with van der Waals surface area (Å²) in [7, 11) is 3.49. The zero-order chi connectivity index (χ0) is 21.4. The zero-order valence-electron chi connectivity index (χ0n) is 18.0. The number of aliphatic hydroxyl groups excluding tert-OH is 2. The first-order valence-electron chi connectivity index (χ1n) is 10.4. The summed E-state index contributed by atoms with van der Waals surface area (Å²) in [5.74, 6) is 0.112. The highest BCUT2D eigenvalue weighted by molar-refractivity contribution is 5.82. The Hall–Kier alpha value is -2.05. The molecule has 2 aliphatic rings. The van der Waals surface area contributed by atoms with Gasteiger partial charge in [0.05, 0.1) is 12.2 Å². The Morgan fingerprint density at radius 3 is 2.28 bits per heavy atom. The Labute approximate surface area is 174 Å². The van der Waals surface area contributed by atoms with Crippen LogP contribution < -0.4 is 0 Å². The second-order valence-electron chi connectivity index (χ2n) is 8.06. The molecule has 0 unspecified atom stereocenters. The molecule has 0 saturated heterocycles.